The summed E-state index contributed by atoms with van der Waals surface area (Å²) in [4.78, 5) is 4.54. The predicted molar refractivity (Wildman–Crippen MR) is 75.0 cm³/mol. The van der Waals surface area contributed by atoms with Gasteiger partial charge in [-0.3, -0.25) is 0 Å². The molecule has 1 atom stereocenters. The summed E-state index contributed by atoms with van der Waals surface area (Å²) in [6, 6.07) is 2.47. The van der Waals surface area contributed by atoms with Crippen LogP contribution in [0.15, 0.2) is 28.4 Å². The van der Waals surface area contributed by atoms with Crippen LogP contribution in [0, 0.1) is 6.92 Å². The molecule has 0 aliphatic heterocycles. The molecule has 0 bridgehead atoms. The second kappa shape index (κ2) is 6.71. The number of hydrogen-bond donors (Lipinski definition) is 1. The molecule has 0 aromatic carbocycles. The largest absolute Gasteiger partial charge is 0.472 e. The Balaban J connectivity index is 1.95. The molecular formula is C14H20N2OS. The Labute approximate surface area is 112 Å². The highest BCUT2D eigenvalue weighted by atomic mass is 32.1. The van der Waals surface area contributed by atoms with Gasteiger partial charge >= 0.3 is 0 Å². The van der Waals surface area contributed by atoms with E-state index in [9.17, 15) is 0 Å². The normalized spacial score (nSPS) is 12.8. The first-order valence-corrected chi connectivity index (χ1v) is 7.31. The first-order chi connectivity index (χ1) is 8.78. The number of aryl methyl sites for hydroxylation is 1. The van der Waals surface area contributed by atoms with E-state index in [1.54, 1.807) is 17.6 Å². The molecule has 2 aromatic heterocycles. The summed E-state index contributed by atoms with van der Waals surface area (Å²) < 4.78 is 5.13. The molecule has 0 fully saturated rings. The second-order valence-corrected chi connectivity index (χ2v) is 5.52. The van der Waals surface area contributed by atoms with E-state index in [1.165, 1.54) is 10.6 Å². The second-order valence-electron chi connectivity index (χ2n) is 4.57. The Kier molecular flexibility index (Phi) is 4.96. The van der Waals surface area contributed by atoms with Crippen molar-refractivity contribution < 1.29 is 4.42 Å². The van der Waals surface area contributed by atoms with Gasteiger partial charge in [0.2, 0.25) is 0 Å². The van der Waals surface area contributed by atoms with E-state index in [1.807, 2.05) is 19.3 Å². The summed E-state index contributed by atoms with van der Waals surface area (Å²) in [6.07, 6.45) is 6.70. The number of nitrogens with zero attached hydrogens (tertiary/aromatic N) is 1. The lowest BCUT2D eigenvalue weighted by Gasteiger charge is -2.16. The summed E-state index contributed by atoms with van der Waals surface area (Å²) in [5.74, 6) is 0. The van der Waals surface area contributed by atoms with Crippen LogP contribution in [0.25, 0.3) is 0 Å². The van der Waals surface area contributed by atoms with Crippen LogP contribution in [0.5, 0.6) is 0 Å². The van der Waals surface area contributed by atoms with Crippen molar-refractivity contribution >= 4 is 11.3 Å². The van der Waals surface area contributed by atoms with Gasteiger partial charge in [-0.15, -0.1) is 11.3 Å². The minimum absolute atomic E-state index is 0.438. The molecule has 0 amide bonds. The summed E-state index contributed by atoms with van der Waals surface area (Å²) in [5, 5.41) is 6.92. The summed E-state index contributed by atoms with van der Waals surface area (Å²) in [5.41, 5.74) is 2.37. The quantitative estimate of drug-likeness (QED) is 0.834. The molecule has 0 aliphatic carbocycles. The van der Waals surface area contributed by atoms with Gasteiger partial charge in [0.1, 0.15) is 0 Å². The number of hydrogen-bond acceptors (Lipinski definition) is 4. The Bertz CT molecular complexity index is 450. The summed E-state index contributed by atoms with van der Waals surface area (Å²) >= 11 is 1.75. The number of rotatable bonds is 7. The van der Waals surface area contributed by atoms with E-state index in [0.717, 1.165) is 31.5 Å². The number of furan rings is 1. The maximum Gasteiger partial charge on any atom is 0.0943 e. The fourth-order valence-electron chi connectivity index (χ4n) is 1.97. The monoisotopic (exact) mass is 264 g/mol. The van der Waals surface area contributed by atoms with Crippen molar-refractivity contribution in [3.8, 4) is 0 Å². The zero-order valence-corrected chi connectivity index (χ0v) is 11.8. The first-order valence-electron chi connectivity index (χ1n) is 6.43. The third-order valence-electron chi connectivity index (χ3n) is 2.83. The fraction of sp³-hybridized carbons (Fsp3) is 0.500. The fourth-order valence-corrected chi connectivity index (χ4v) is 2.82. The minimum atomic E-state index is 0.438. The maximum atomic E-state index is 5.13. The van der Waals surface area contributed by atoms with Crippen molar-refractivity contribution in [1.29, 1.82) is 0 Å². The minimum Gasteiger partial charge on any atom is -0.472 e. The highest BCUT2D eigenvalue weighted by molar-refractivity contribution is 7.09. The molecule has 2 aromatic rings. The van der Waals surface area contributed by atoms with E-state index in [0.29, 0.717) is 6.04 Å². The molecule has 1 unspecified atom stereocenters. The van der Waals surface area contributed by atoms with Crippen LogP contribution in [0.1, 0.15) is 29.6 Å². The van der Waals surface area contributed by atoms with Gasteiger partial charge in [0.25, 0.3) is 0 Å². The van der Waals surface area contributed by atoms with Crippen LogP contribution >= 0.6 is 11.3 Å². The first kappa shape index (κ1) is 13.3. The van der Waals surface area contributed by atoms with E-state index >= 15 is 0 Å². The van der Waals surface area contributed by atoms with Gasteiger partial charge in [-0.05, 0) is 37.9 Å². The molecule has 0 saturated carbocycles. The molecule has 0 radical (unpaired) electrons. The molecule has 0 spiro atoms. The van der Waals surface area contributed by atoms with Crippen molar-refractivity contribution in [2.24, 2.45) is 0 Å². The zero-order valence-electron chi connectivity index (χ0n) is 11.0. The standard InChI is InChI=1S/C14H20N2OS/c1-3-5-15-13(7-12-4-6-17-9-12)8-14-16-11(2)10-18-14/h4,6,9-10,13,15H,3,5,7-8H2,1-2H3. The van der Waals surface area contributed by atoms with Crippen LogP contribution in [0.3, 0.4) is 0 Å². The Hall–Kier alpha value is -1.13. The average Bonchev–Trinajstić information content (AvgIpc) is 2.98. The highest BCUT2D eigenvalue weighted by Crippen LogP contribution is 2.14. The Morgan fingerprint density at radius 3 is 2.94 bits per heavy atom. The Morgan fingerprint density at radius 2 is 2.33 bits per heavy atom. The van der Waals surface area contributed by atoms with Gasteiger partial charge in [0.15, 0.2) is 0 Å². The summed E-state index contributed by atoms with van der Waals surface area (Å²) in [7, 11) is 0. The average molecular weight is 264 g/mol. The molecular weight excluding hydrogens is 244 g/mol. The molecule has 0 aliphatic rings. The molecule has 3 nitrogen and oxygen atoms in total. The van der Waals surface area contributed by atoms with Crippen LogP contribution in [0.2, 0.25) is 0 Å². The van der Waals surface area contributed by atoms with Gasteiger partial charge in [-0.25, -0.2) is 4.98 Å². The highest BCUT2D eigenvalue weighted by Gasteiger charge is 2.12. The van der Waals surface area contributed by atoms with Crippen LogP contribution in [-0.2, 0) is 12.8 Å². The van der Waals surface area contributed by atoms with Crippen LogP contribution in [-0.4, -0.2) is 17.6 Å². The Morgan fingerprint density at radius 1 is 1.44 bits per heavy atom. The number of nitrogens with one attached hydrogen (secondary N) is 1. The van der Waals surface area contributed by atoms with Crippen molar-refractivity contribution in [1.82, 2.24) is 10.3 Å². The maximum absolute atomic E-state index is 5.13. The lowest BCUT2D eigenvalue weighted by Crippen LogP contribution is -2.33. The molecule has 0 saturated heterocycles. The number of aromatic nitrogens is 1. The van der Waals surface area contributed by atoms with Gasteiger partial charge in [0, 0.05) is 23.5 Å². The van der Waals surface area contributed by atoms with E-state index in [4.69, 9.17) is 4.42 Å². The molecule has 2 heterocycles. The van der Waals surface area contributed by atoms with E-state index in [2.05, 4.69) is 22.6 Å². The van der Waals surface area contributed by atoms with Crippen molar-refractivity contribution in [3.05, 3.63) is 40.2 Å². The molecule has 4 heteroatoms. The van der Waals surface area contributed by atoms with Gasteiger partial charge in [-0.1, -0.05) is 6.92 Å². The van der Waals surface area contributed by atoms with E-state index in [-0.39, 0.29) is 0 Å². The lowest BCUT2D eigenvalue weighted by molar-refractivity contribution is 0.498. The lowest BCUT2D eigenvalue weighted by atomic mass is 10.1. The van der Waals surface area contributed by atoms with Gasteiger partial charge in [0.05, 0.1) is 17.5 Å². The SMILES string of the molecule is CCCNC(Cc1ccoc1)Cc1nc(C)cs1. The molecule has 1 N–H and O–H groups in total. The van der Waals surface area contributed by atoms with Crippen LogP contribution < -0.4 is 5.32 Å². The summed E-state index contributed by atoms with van der Waals surface area (Å²) in [6.45, 7) is 5.28. The predicted octanol–water partition coefficient (Wildman–Crippen LogP) is 3.20. The van der Waals surface area contributed by atoms with E-state index < -0.39 is 0 Å². The third-order valence-corrected chi connectivity index (χ3v) is 3.82. The van der Waals surface area contributed by atoms with Crippen molar-refractivity contribution in [2.45, 2.75) is 39.2 Å². The van der Waals surface area contributed by atoms with Crippen LogP contribution in [0.4, 0.5) is 0 Å². The molecule has 98 valence electrons. The topological polar surface area (TPSA) is 38.1 Å². The number of thiazole rings is 1. The van der Waals surface area contributed by atoms with Crippen molar-refractivity contribution in [3.63, 3.8) is 0 Å². The van der Waals surface area contributed by atoms with Gasteiger partial charge in [-0.2, -0.15) is 0 Å². The zero-order chi connectivity index (χ0) is 12.8. The van der Waals surface area contributed by atoms with Crippen molar-refractivity contribution in [2.75, 3.05) is 6.54 Å². The smallest absolute Gasteiger partial charge is 0.0943 e. The third kappa shape index (κ3) is 3.96. The molecule has 18 heavy (non-hydrogen) atoms. The van der Waals surface area contributed by atoms with Gasteiger partial charge < -0.3 is 9.73 Å². The molecule has 2 rings (SSSR count).